The third-order valence-corrected chi connectivity index (χ3v) is 3.22. The van der Waals surface area contributed by atoms with E-state index in [0.29, 0.717) is 5.82 Å². The van der Waals surface area contributed by atoms with Crippen molar-refractivity contribution in [3.63, 3.8) is 0 Å². The van der Waals surface area contributed by atoms with Crippen LogP contribution >= 0.6 is 27.3 Å². The fourth-order valence-electron chi connectivity index (χ4n) is 1.07. The first-order chi connectivity index (χ1) is 6.75. The molecule has 0 saturated heterocycles. The van der Waals surface area contributed by atoms with Crippen molar-refractivity contribution < 1.29 is 0 Å². The summed E-state index contributed by atoms with van der Waals surface area (Å²) in [6, 6.07) is 4.08. The molecule has 2 N–H and O–H groups in total. The number of thiophene rings is 1. The maximum Gasteiger partial charge on any atom is 0.141 e. The van der Waals surface area contributed by atoms with Gasteiger partial charge in [-0.3, -0.25) is 0 Å². The Morgan fingerprint density at radius 1 is 1.50 bits per heavy atom. The Morgan fingerprint density at radius 2 is 2.36 bits per heavy atom. The van der Waals surface area contributed by atoms with Crippen molar-refractivity contribution in [2.75, 3.05) is 5.73 Å². The van der Waals surface area contributed by atoms with Gasteiger partial charge in [-0.15, -0.1) is 11.3 Å². The van der Waals surface area contributed by atoms with Gasteiger partial charge in [-0.25, -0.2) is 9.97 Å². The van der Waals surface area contributed by atoms with Crippen LogP contribution in [0.5, 0.6) is 0 Å². The number of anilines is 1. The summed E-state index contributed by atoms with van der Waals surface area (Å²) in [4.78, 5) is 9.60. The smallest absolute Gasteiger partial charge is 0.141 e. The van der Waals surface area contributed by atoms with Crippen LogP contribution in [0.3, 0.4) is 0 Å². The van der Waals surface area contributed by atoms with E-state index in [-0.39, 0.29) is 0 Å². The van der Waals surface area contributed by atoms with Crippen molar-refractivity contribution >= 4 is 33.1 Å². The Kier molecular flexibility index (Phi) is 2.79. The summed E-state index contributed by atoms with van der Waals surface area (Å²) in [5.41, 5.74) is 5.66. The van der Waals surface area contributed by atoms with Gasteiger partial charge < -0.3 is 5.73 Å². The third-order valence-electron chi connectivity index (χ3n) is 1.73. The van der Waals surface area contributed by atoms with E-state index in [1.807, 2.05) is 11.4 Å². The lowest BCUT2D eigenvalue weighted by Crippen LogP contribution is -1.99. The second kappa shape index (κ2) is 4.06. The first-order valence-corrected chi connectivity index (χ1v) is 5.72. The molecule has 0 unspecified atom stereocenters. The molecule has 0 atom stereocenters. The van der Waals surface area contributed by atoms with Crippen molar-refractivity contribution in [1.29, 1.82) is 0 Å². The molecule has 0 bridgehead atoms. The molecule has 2 aromatic heterocycles. The molecule has 0 aliphatic heterocycles. The van der Waals surface area contributed by atoms with Crippen LogP contribution in [0.25, 0.3) is 0 Å². The van der Waals surface area contributed by atoms with E-state index in [4.69, 9.17) is 5.73 Å². The molecule has 14 heavy (non-hydrogen) atoms. The second-order valence-electron chi connectivity index (χ2n) is 2.78. The van der Waals surface area contributed by atoms with Gasteiger partial charge in [-0.1, -0.05) is 6.07 Å². The molecule has 0 aromatic carbocycles. The lowest BCUT2D eigenvalue weighted by molar-refractivity contribution is 0.981. The van der Waals surface area contributed by atoms with Crippen molar-refractivity contribution in [1.82, 2.24) is 9.97 Å². The number of nitrogens with two attached hydrogens (primary N) is 1. The van der Waals surface area contributed by atoms with Gasteiger partial charge in [-0.2, -0.15) is 0 Å². The van der Waals surface area contributed by atoms with Gasteiger partial charge in [0.25, 0.3) is 0 Å². The fraction of sp³-hybridized carbons (Fsp3) is 0.111. The van der Waals surface area contributed by atoms with E-state index in [1.165, 1.54) is 4.88 Å². The summed E-state index contributed by atoms with van der Waals surface area (Å²) in [6.45, 7) is 0. The van der Waals surface area contributed by atoms with Crippen LogP contribution in [0.2, 0.25) is 0 Å². The number of nitrogen functional groups attached to an aromatic ring is 1. The Hall–Kier alpha value is -0.940. The monoisotopic (exact) mass is 269 g/mol. The first kappa shape index (κ1) is 9.61. The van der Waals surface area contributed by atoms with Crippen LogP contribution in [0.1, 0.15) is 10.7 Å². The Bertz CT molecular complexity index is 428. The summed E-state index contributed by atoms with van der Waals surface area (Å²) in [6.07, 6.45) is 2.43. The molecule has 0 spiro atoms. The predicted octanol–water partition coefficient (Wildman–Crippen LogP) is 2.47. The highest BCUT2D eigenvalue weighted by atomic mass is 79.9. The average molecular weight is 270 g/mol. The largest absolute Gasteiger partial charge is 0.383 e. The Labute approximate surface area is 94.1 Å². The molecule has 0 fully saturated rings. The van der Waals surface area contributed by atoms with Crippen molar-refractivity contribution in [2.45, 2.75) is 6.42 Å². The normalized spacial score (nSPS) is 10.4. The molecule has 2 aromatic rings. The molecule has 3 nitrogen and oxygen atoms in total. The Morgan fingerprint density at radius 3 is 3.00 bits per heavy atom. The third kappa shape index (κ3) is 2.10. The molecular weight excluding hydrogens is 262 g/mol. The van der Waals surface area contributed by atoms with Crippen LogP contribution in [0.4, 0.5) is 5.82 Å². The van der Waals surface area contributed by atoms with Gasteiger partial charge in [0.15, 0.2) is 0 Å². The van der Waals surface area contributed by atoms with Gasteiger partial charge in [0.05, 0.1) is 4.47 Å². The van der Waals surface area contributed by atoms with Gasteiger partial charge in [0, 0.05) is 17.5 Å². The zero-order chi connectivity index (χ0) is 9.97. The zero-order valence-electron chi connectivity index (χ0n) is 7.27. The van der Waals surface area contributed by atoms with Crippen LogP contribution in [0, 0.1) is 0 Å². The maximum atomic E-state index is 5.66. The van der Waals surface area contributed by atoms with E-state index in [1.54, 1.807) is 17.5 Å². The number of hydrogen-bond acceptors (Lipinski definition) is 4. The summed E-state index contributed by atoms with van der Waals surface area (Å²) in [5, 5.41) is 2.04. The Balaban J connectivity index is 2.22. The minimum atomic E-state index is 0.492. The van der Waals surface area contributed by atoms with Gasteiger partial charge >= 0.3 is 0 Å². The van der Waals surface area contributed by atoms with Crippen LogP contribution in [0.15, 0.2) is 28.2 Å². The van der Waals surface area contributed by atoms with Gasteiger partial charge in [0.1, 0.15) is 11.6 Å². The highest BCUT2D eigenvalue weighted by Gasteiger charge is 2.03. The molecule has 0 aliphatic rings. The summed E-state index contributed by atoms with van der Waals surface area (Å²) in [5.74, 6) is 1.25. The number of aromatic nitrogens is 2. The molecular formula is C9H8BrN3S. The van der Waals surface area contributed by atoms with Crippen molar-refractivity contribution in [3.05, 3.63) is 38.9 Å². The minimum absolute atomic E-state index is 0.492. The van der Waals surface area contributed by atoms with Crippen molar-refractivity contribution in [2.24, 2.45) is 0 Å². The average Bonchev–Trinajstić information content (AvgIpc) is 2.64. The van der Waals surface area contributed by atoms with E-state index in [2.05, 4.69) is 32.0 Å². The number of nitrogens with zero attached hydrogens (tertiary/aromatic N) is 2. The topological polar surface area (TPSA) is 51.8 Å². The van der Waals surface area contributed by atoms with E-state index >= 15 is 0 Å². The summed E-state index contributed by atoms with van der Waals surface area (Å²) >= 11 is 4.96. The highest BCUT2D eigenvalue weighted by Crippen LogP contribution is 2.17. The molecule has 0 amide bonds. The molecule has 5 heteroatoms. The molecule has 72 valence electrons. The molecule has 0 saturated carbocycles. The highest BCUT2D eigenvalue weighted by molar-refractivity contribution is 9.10. The number of hydrogen-bond donors (Lipinski definition) is 1. The van der Waals surface area contributed by atoms with Crippen molar-refractivity contribution in [3.8, 4) is 0 Å². The summed E-state index contributed by atoms with van der Waals surface area (Å²) in [7, 11) is 0. The number of rotatable bonds is 2. The molecule has 2 rings (SSSR count). The SMILES string of the molecule is Nc1nc(Cc2cccs2)ncc1Br. The maximum absolute atomic E-state index is 5.66. The van der Waals surface area contributed by atoms with Crippen LogP contribution < -0.4 is 5.73 Å². The second-order valence-corrected chi connectivity index (χ2v) is 4.66. The zero-order valence-corrected chi connectivity index (χ0v) is 9.68. The summed E-state index contributed by atoms with van der Waals surface area (Å²) < 4.78 is 0.743. The minimum Gasteiger partial charge on any atom is -0.383 e. The van der Waals surface area contributed by atoms with Crippen LogP contribution in [-0.4, -0.2) is 9.97 Å². The lowest BCUT2D eigenvalue weighted by atomic mass is 10.3. The van der Waals surface area contributed by atoms with E-state index < -0.39 is 0 Å². The van der Waals surface area contributed by atoms with Gasteiger partial charge in [0.2, 0.25) is 0 Å². The predicted molar refractivity (Wildman–Crippen MR) is 61.3 cm³/mol. The quantitative estimate of drug-likeness (QED) is 0.912. The first-order valence-electron chi connectivity index (χ1n) is 4.05. The lowest BCUT2D eigenvalue weighted by Gasteiger charge is -2.00. The van der Waals surface area contributed by atoms with Crippen LogP contribution in [-0.2, 0) is 6.42 Å². The fourth-order valence-corrected chi connectivity index (χ4v) is 1.97. The molecule has 0 aliphatic carbocycles. The standard InChI is InChI=1S/C9H8BrN3S/c10-7-5-12-8(13-9(7)11)4-6-2-1-3-14-6/h1-3,5H,4H2,(H2,11,12,13). The van der Waals surface area contributed by atoms with Gasteiger partial charge in [-0.05, 0) is 27.4 Å². The molecule has 0 radical (unpaired) electrons. The molecule has 2 heterocycles. The number of halogens is 1. The van der Waals surface area contributed by atoms with E-state index in [0.717, 1.165) is 16.7 Å². The van der Waals surface area contributed by atoms with E-state index in [9.17, 15) is 0 Å².